The molecule has 1 heterocycles. The van der Waals surface area contributed by atoms with Gasteiger partial charge in [-0.05, 0) is 36.6 Å². The van der Waals surface area contributed by atoms with Crippen LogP contribution < -0.4 is 10.2 Å². The molecule has 1 N–H and O–H groups in total. The average Bonchev–Trinajstić information content (AvgIpc) is 3.08. The largest absolute Gasteiger partial charge is 0.494 e. The third-order valence-electron chi connectivity index (χ3n) is 3.21. The van der Waals surface area contributed by atoms with Crippen LogP contribution in [0, 0.1) is 10.1 Å². The summed E-state index contributed by atoms with van der Waals surface area (Å²) in [4.78, 5) is 21.6. The van der Waals surface area contributed by atoms with Crippen LogP contribution >= 0.6 is 0 Å². The van der Waals surface area contributed by atoms with Crippen LogP contribution in [-0.2, 0) is 11.2 Å². The molecule has 1 aromatic heterocycles. The van der Waals surface area contributed by atoms with Crippen molar-refractivity contribution < 1.29 is 18.9 Å². The number of hydrogen-bond acceptors (Lipinski definition) is 6. The Hall–Kier alpha value is -3.16. The molecule has 0 fully saturated rings. The number of amides is 1. The molecule has 25 heavy (non-hydrogen) atoms. The van der Waals surface area contributed by atoms with Crippen LogP contribution in [0.1, 0.15) is 31.1 Å². The third-order valence-corrected chi connectivity index (χ3v) is 3.21. The van der Waals surface area contributed by atoms with Crippen molar-refractivity contribution in [3.8, 4) is 5.75 Å². The Morgan fingerprint density at radius 1 is 1.32 bits per heavy atom. The van der Waals surface area contributed by atoms with Crippen molar-refractivity contribution in [1.82, 2.24) is 5.43 Å². The molecule has 8 heteroatoms. The summed E-state index contributed by atoms with van der Waals surface area (Å²) in [5.74, 6) is 0.365. The molecule has 1 aromatic carbocycles. The number of nitrogens with one attached hydrogen (secondary N) is 1. The predicted octanol–water partition coefficient (Wildman–Crippen LogP) is 3.06. The molecule has 0 saturated heterocycles. The molecule has 132 valence electrons. The second kappa shape index (κ2) is 9.21. The summed E-state index contributed by atoms with van der Waals surface area (Å²) < 4.78 is 10.4. The molecule has 0 bridgehead atoms. The highest BCUT2D eigenvalue weighted by molar-refractivity contribution is 5.80. The van der Waals surface area contributed by atoms with Crippen LogP contribution in [0.5, 0.6) is 5.75 Å². The van der Waals surface area contributed by atoms with Gasteiger partial charge in [0.05, 0.1) is 18.9 Å². The lowest BCUT2D eigenvalue weighted by Crippen LogP contribution is -2.17. The number of nitro groups is 1. The van der Waals surface area contributed by atoms with E-state index in [1.807, 2.05) is 31.2 Å². The number of carbonyl (C=O) groups is 1. The Balaban J connectivity index is 1.74. The summed E-state index contributed by atoms with van der Waals surface area (Å²) in [5.41, 5.74) is 3.37. The van der Waals surface area contributed by atoms with E-state index in [1.165, 1.54) is 18.3 Å². The molecule has 8 nitrogen and oxygen atoms in total. The highest BCUT2D eigenvalue weighted by atomic mass is 16.6. The van der Waals surface area contributed by atoms with E-state index in [9.17, 15) is 14.9 Å². The Morgan fingerprint density at radius 2 is 2.08 bits per heavy atom. The molecule has 0 atom stereocenters. The van der Waals surface area contributed by atoms with Gasteiger partial charge in [0.2, 0.25) is 5.91 Å². The minimum Gasteiger partial charge on any atom is -0.494 e. The van der Waals surface area contributed by atoms with Gasteiger partial charge < -0.3 is 9.15 Å². The Kier molecular flexibility index (Phi) is 6.70. The monoisotopic (exact) mass is 345 g/mol. The van der Waals surface area contributed by atoms with Gasteiger partial charge in [-0.2, -0.15) is 5.10 Å². The zero-order valence-electron chi connectivity index (χ0n) is 13.8. The van der Waals surface area contributed by atoms with E-state index in [4.69, 9.17) is 9.15 Å². The first-order valence-corrected chi connectivity index (χ1v) is 7.86. The minimum absolute atomic E-state index is 0.190. The van der Waals surface area contributed by atoms with Crippen LogP contribution in [0.15, 0.2) is 45.9 Å². The molecule has 1 amide bonds. The van der Waals surface area contributed by atoms with Gasteiger partial charge in [-0.1, -0.05) is 19.1 Å². The molecule has 0 saturated carbocycles. The quantitative estimate of drug-likeness (QED) is 0.427. The zero-order valence-corrected chi connectivity index (χ0v) is 13.8. The van der Waals surface area contributed by atoms with E-state index in [2.05, 4.69) is 10.5 Å². The molecule has 2 aromatic rings. The fourth-order valence-corrected chi connectivity index (χ4v) is 1.96. The molecule has 0 unspecified atom stereocenters. The Morgan fingerprint density at radius 3 is 2.72 bits per heavy atom. The highest BCUT2D eigenvalue weighted by Gasteiger charge is 2.10. The SMILES string of the molecule is CCCOc1ccc(CCC(=O)N/N=C\c2ccc([N+](=O)[O-])o2)cc1. The number of furan rings is 1. The van der Waals surface area contributed by atoms with Gasteiger partial charge in [0.25, 0.3) is 0 Å². The first-order valence-electron chi connectivity index (χ1n) is 7.86. The highest BCUT2D eigenvalue weighted by Crippen LogP contribution is 2.14. The smallest absolute Gasteiger partial charge is 0.433 e. The van der Waals surface area contributed by atoms with E-state index in [-0.39, 0.29) is 24.0 Å². The molecule has 2 rings (SSSR count). The van der Waals surface area contributed by atoms with Crippen molar-refractivity contribution >= 4 is 18.0 Å². The molecular weight excluding hydrogens is 326 g/mol. The summed E-state index contributed by atoms with van der Waals surface area (Å²) in [5, 5.41) is 14.2. The molecule has 0 aliphatic heterocycles. The molecule has 0 aliphatic rings. The van der Waals surface area contributed by atoms with E-state index in [0.717, 1.165) is 17.7 Å². The van der Waals surface area contributed by atoms with Crippen molar-refractivity contribution in [3.05, 3.63) is 57.8 Å². The second-order valence-electron chi connectivity index (χ2n) is 5.22. The van der Waals surface area contributed by atoms with Gasteiger partial charge in [-0.25, -0.2) is 5.43 Å². The number of rotatable bonds is 9. The number of hydrazone groups is 1. The average molecular weight is 345 g/mol. The Bertz CT molecular complexity index is 737. The summed E-state index contributed by atoms with van der Waals surface area (Å²) in [6.07, 6.45) is 3.00. The van der Waals surface area contributed by atoms with Crippen molar-refractivity contribution in [2.24, 2.45) is 5.10 Å². The first kappa shape index (κ1) is 18.2. The number of hydrogen-bond donors (Lipinski definition) is 1. The van der Waals surface area contributed by atoms with Crippen LogP contribution in [0.2, 0.25) is 0 Å². The lowest BCUT2D eigenvalue weighted by molar-refractivity contribution is -0.402. The van der Waals surface area contributed by atoms with Crippen LogP contribution in [0.25, 0.3) is 0 Å². The molecule has 0 spiro atoms. The van der Waals surface area contributed by atoms with E-state index >= 15 is 0 Å². The molecule has 0 radical (unpaired) electrons. The number of nitrogens with zero attached hydrogens (tertiary/aromatic N) is 2. The predicted molar refractivity (Wildman–Crippen MR) is 91.6 cm³/mol. The van der Waals surface area contributed by atoms with E-state index in [1.54, 1.807) is 0 Å². The maximum atomic E-state index is 11.7. The number of benzene rings is 1. The third kappa shape index (κ3) is 6.09. The first-order chi connectivity index (χ1) is 12.1. The normalized spacial score (nSPS) is 10.8. The summed E-state index contributed by atoms with van der Waals surface area (Å²) in [7, 11) is 0. The standard InChI is InChI=1S/C17H19N3O5/c1-2-11-24-14-6-3-13(4-7-14)5-9-16(21)19-18-12-15-8-10-17(25-15)20(22)23/h3-4,6-8,10,12H,2,5,9,11H2,1H3,(H,19,21)/b18-12-. The summed E-state index contributed by atoms with van der Waals surface area (Å²) in [6, 6.07) is 10.2. The van der Waals surface area contributed by atoms with Gasteiger partial charge >= 0.3 is 5.88 Å². The fourth-order valence-electron chi connectivity index (χ4n) is 1.96. The van der Waals surface area contributed by atoms with Gasteiger partial charge in [0.15, 0.2) is 5.76 Å². The number of carbonyl (C=O) groups excluding carboxylic acids is 1. The van der Waals surface area contributed by atoms with E-state index < -0.39 is 4.92 Å². The maximum Gasteiger partial charge on any atom is 0.433 e. The summed E-state index contributed by atoms with van der Waals surface area (Å²) >= 11 is 0. The second-order valence-corrected chi connectivity index (χ2v) is 5.22. The van der Waals surface area contributed by atoms with Gasteiger partial charge in [0, 0.05) is 6.42 Å². The zero-order chi connectivity index (χ0) is 18.1. The van der Waals surface area contributed by atoms with Crippen LogP contribution in [-0.4, -0.2) is 23.7 Å². The van der Waals surface area contributed by atoms with Gasteiger partial charge in [-0.15, -0.1) is 0 Å². The van der Waals surface area contributed by atoms with Gasteiger partial charge in [-0.3, -0.25) is 14.9 Å². The fraction of sp³-hybridized carbons (Fsp3) is 0.294. The van der Waals surface area contributed by atoms with Crippen LogP contribution in [0.4, 0.5) is 5.88 Å². The lowest BCUT2D eigenvalue weighted by Gasteiger charge is -2.05. The topological polar surface area (TPSA) is 107 Å². The van der Waals surface area contributed by atoms with Crippen LogP contribution in [0.3, 0.4) is 0 Å². The number of aryl methyl sites for hydroxylation is 1. The van der Waals surface area contributed by atoms with Crippen molar-refractivity contribution in [2.75, 3.05) is 6.61 Å². The van der Waals surface area contributed by atoms with Crippen molar-refractivity contribution in [1.29, 1.82) is 0 Å². The molecule has 0 aliphatic carbocycles. The number of ether oxygens (including phenoxy) is 1. The summed E-state index contributed by atoms with van der Waals surface area (Å²) in [6.45, 7) is 2.72. The Labute approximate surface area is 144 Å². The minimum atomic E-state index is -0.644. The van der Waals surface area contributed by atoms with E-state index in [0.29, 0.717) is 13.0 Å². The lowest BCUT2D eigenvalue weighted by atomic mass is 10.1. The van der Waals surface area contributed by atoms with Gasteiger partial charge in [0.1, 0.15) is 10.7 Å². The molecular formula is C17H19N3O5. The van der Waals surface area contributed by atoms with Crippen molar-refractivity contribution in [2.45, 2.75) is 26.2 Å². The maximum absolute atomic E-state index is 11.7. The van der Waals surface area contributed by atoms with Crippen molar-refractivity contribution in [3.63, 3.8) is 0 Å².